The van der Waals surface area contributed by atoms with Crippen LogP contribution in [0, 0.1) is 5.82 Å². The number of aromatic nitrogens is 1. The largest absolute Gasteiger partial charge is 0.479 e. The number of carboxylic acids is 1. The van der Waals surface area contributed by atoms with Crippen LogP contribution in [0.15, 0.2) is 42.6 Å². The Kier molecular flexibility index (Phi) is 4.88. The minimum Gasteiger partial charge on any atom is -0.479 e. The lowest BCUT2D eigenvalue weighted by Gasteiger charge is -2.27. The number of hydrogen-bond acceptors (Lipinski definition) is 4. The fourth-order valence-corrected chi connectivity index (χ4v) is 2.61. The molecule has 2 N–H and O–H groups in total. The molecule has 1 heterocycles. The van der Waals surface area contributed by atoms with Gasteiger partial charge < -0.3 is 15.2 Å². The van der Waals surface area contributed by atoms with Gasteiger partial charge in [0.2, 0.25) is 5.88 Å². The number of nitrogens with zero attached hydrogens (tertiary/aromatic N) is 1. The molecule has 0 saturated heterocycles. The molecule has 136 valence electrons. The quantitative estimate of drug-likeness (QED) is 0.829. The topological polar surface area (TPSA) is 88.5 Å². The van der Waals surface area contributed by atoms with E-state index in [4.69, 9.17) is 4.74 Å². The van der Waals surface area contributed by atoms with Crippen LogP contribution < -0.4 is 10.1 Å². The fourth-order valence-electron chi connectivity index (χ4n) is 2.61. The minimum absolute atomic E-state index is 0.115. The van der Waals surface area contributed by atoms with Gasteiger partial charge >= 0.3 is 5.97 Å². The molecule has 2 aromatic rings. The second-order valence-corrected chi connectivity index (χ2v) is 6.44. The van der Waals surface area contributed by atoms with Gasteiger partial charge in [0.25, 0.3) is 5.91 Å². The summed E-state index contributed by atoms with van der Waals surface area (Å²) in [5, 5.41) is 12.1. The van der Waals surface area contributed by atoms with Gasteiger partial charge in [-0.15, -0.1) is 0 Å². The van der Waals surface area contributed by atoms with Gasteiger partial charge in [0.15, 0.2) is 5.54 Å². The van der Waals surface area contributed by atoms with Crippen molar-refractivity contribution in [2.75, 3.05) is 0 Å². The van der Waals surface area contributed by atoms with Crippen molar-refractivity contribution in [2.45, 2.75) is 37.8 Å². The van der Waals surface area contributed by atoms with E-state index in [1.165, 1.54) is 37.4 Å². The number of pyridine rings is 1. The highest BCUT2D eigenvalue weighted by Crippen LogP contribution is 2.25. The summed E-state index contributed by atoms with van der Waals surface area (Å²) < 4.78 is 18.8. The minimum atomic E-state index is -1.71. The number of carboxylic acid groups (broad SMARTS) is 1. The van der Waals surface area contributed by atoms with Crippen LogP contribution in [0.5, 0.6) is 5.88 Å². The van der Waals surface area contributed by atoms with Crippen LogP contribution in [0.2, 0.25) is 0 Å². The van der Waals surface area contributed by atoms with Crippen molar-refractivity contribution in [3.05, 3.63) is 59.5 Å². The van der Waals surface area contributed by atoms with Crippen molar-refractivity contribution < 1.29 is 23.8 Å². The molecule has 7 heteroatoms. The standard InChI is InChI=1S/C19H19FN2O4/c1-19(18(24)25,13-5-7-14(20)8-6-13)22-17(23)12-9-10-21-16(11-12)26-15-3-2-4-15/h5-11,15H,2-4H2,1H3,(H,22,23)(H,24,25). The summed E-state index contributed by atoms with van der Waals surface area (Å²) in [5.41, 5.74) is -1.20. The maximum Gasteiger partial charge on any atom is 0.333 e. The maximum absolute atomic E-state index is 13.1. The summed E-state index contributed by atoms with van der Waals surface area (Å²) in [5.74, 6) is -1.99. The third-order valence-corrected chi connectivity index (χ3v) is 4.55. The molecule has 1 atom stereocenters. The Bertz CT molecular complexity index is 821. The van der Waals surface area contributed by atoms with Crippen LogP contribution in [0.3, 0.4) is 0 Å². The molecule has 1 unspecified atom stereocenters. The SMILES string of the molecule is CC(NC(=O)c1ccnc(OC2CCC2)c1)(C(=O)O)c1ccc(F)cc1. The number of amides is 1. The maximum atomic E-state index is 13.1. The zero-order valence-electron chi connectivity index (χ0n) is 14.2. The van der Waals surface area contributed by atoms with Gasteiger partial charge in [-0.05, 0) is 49.9 Å². The van der Waals surface area contributed by atoms with Crippen molar-refractivity contribution in [1.82, 2.24) is 10.3 Å². The van der Waals surface area contributed by atoms with Gasteiger partial charge in [0, 0.05) is 17.8 Å². The Morgan fingerprint density at radius 1 is 1.27 bits per heavy atom. The summed E-state index contributed by atoms with van der Waals surface area (Å²) >= 11 is 0. The second-order valence-electron chi connectivity index (χ2n) is 6.44. The lowest BCUT2D eigenvalue weighted by molar-refractivity contribution is -0.144. The Labute approximate surface area is 150 Å². The number of rotatable bonds is 6. The molecule has 1 fully saturated rings. The molecule has 0 bridgehead atoms. The predicted octanol–water partition coefficient (Wildman–Crippen LogP) is 2.88. The number of carbonyl (C=O) groups excluding carboxylic acids is 1. The number of aliphatic carboxylic acids is 1. The molecule has 6 nitrogen and oxygen atoms in total. The number of nitrogens with one attached hydrogen (secondary N) is 1. The van der Waals surface area contributed by atoms with Crippen LogP contribution >= 0.6 is 0 Å². The third kappa shape index (κ3) is 3.66. The smallest absolute Gasteiger partial charge is 0.333 e. The molecule has 0 aliphatic heterocycles. The Hall–Kier alpha value is -2.96. The Morgan fingerprint density at radius 2 is 1.96 bits per heavy atom. The molecule has 1 aliphatic rings. The van der Waals surface area contributed by atoms with Crippen molar-refractivity contribution in [3.8, 4) is 5.88 Å². The fraction of sp³-hybridized carbons (Fsp3) is 0.316. The average Bonchev–Trinajstić information content (AvgIpc) is 2.58. The molecular weight excluding hydrogens is 339 g/mol. The van der Waals surface area contributed by atoms with Crippen molar-refractivity contribution in [3.63, 3.8) is 0 Å². The first kappa shape index (κ1) is 17.8. The van der Waals surface area contributed by atoms with E-state index in [1.807, 2.05) is 0 Å². The number of hydrogen-bond donors (Lipinski definition) is 2. The lowest BCUT2D eigenvalue weighted by atomic mass is 9.91. The van der Waals surface area contributed by atoms with E-state index in [0.29, 0.717) is 5.88 Å². The van der Waals surface area contributed by atoms with Gasteiger partial charge in [-0.3, -0.25) is 4.79 Å². The van der Waals surface area contributed by atoms with E-state index >= 15 is 0 Å². The zero-order chi connectivity index (χ0) is 18.7. The number of ether oxygens (including phenoxy) is 1. The highest BCUT2D eigenvalue weighted by Gasteiger charge is 2.37. The number of halogens is 1. The molecule has 0 radical (unpaired) electrons. The first-order valence-corrected chi connectivity index (χ1v) is 8.33. The number of carbonyl (C=O) groups is 2. The molecule has 1 aromatic carbocycles. The second kappa shape index (κ2) is 7.11. The molecule has 1 aliphatic carbocycles. The predicted molar refractivity (Wildman–Crippen MR) is 91.4 cm³/mol. The first-order valence-electron chi connectivity index (χ1n) is 8.33. The van der Waals surface area contributed by atoms with Crippen molar-refractivity contribution in [1.29, 1.82) is 0 Å². The van der Waals surface area contributed by atoms with Gasteiger partial charge in [0.05, 0.1) is 0 Å². The molecule has 1 saturated carbocycles. The first-order chi connectivity index (χ1) is 12.4. The summed E-state index contributed by atoms with van der Waals surface area (Å²) in [7, 11) is 0. The molecule has 1 aromatic heterocycles. The summed E-state index contributed by atoms with van der Waals surface area (Å²) in [4.78, 5) is 28.5. The molecule has 0 spiro atoms. The van der Waals surface area contributed by atoms with Crippen molar-refractivity contribution in [2.24, 2.45) is 0 Å². The van der Waals surface area contributed by atoms with Crippen LogP contribution in [-0.4, -0.2) is 28.1 Å². The van der Waals surface area contributed by atoms with Gasteiger partial charge in [-0.1, -0.05) is 12.1 Å². The van der Waals surface area contributed by atoms with E-state index in [0.717, 1.165) is 31.4 Å². The highest BCUT2D eigenvalue weighted by atomic mass is 19.1. The van der Waals surface area contributed by atoms with Gasteiger partial charge in [-0.25, -0.2) is 14.2 Å². The normalized spacial score (nSPS) is 16.2. The molecule has 1 amide bonds. The molecular formula is C19H19FN2O4. The number of benzene rings is 1. The van der Waals surface area contributed by atoms with Crippen LogP contribution in [-0.2, 0) is 10.3 Å². The summed E-state index contributed by atoms with van der Waals surface area (Å²) in [6.45, 7) is 1.35. The van der Waals surface area contributed by atoms with Crippen LogP contribution in [0.4, 0.5) is 4.39 Å². The summed E-state index contributed by atoms with van der Waals surface area (Å²) in [6.07, 6.45) is 4.59. The third-order valence-electron chi connectivity index (χ3n) is 4.55. The van der Waals surface area contributed by atoms with Crippen LogP contribution in [0.25, 0.3) is 0 Å². The Morgan fingerprint density at radius 3 is 2.54 bits per heavy atom. The average molecular weight is 358 g/mol. The molecule has 3 rings (SSSR count). The van der Waals surface area contributed by atoms with E-state index < -0.39 is 23.2 Å². The molecule has 26 heavy (non-hydrogen) atoms. The highest BCUT2D eigenvalue weighted by molar-refractivity contribution is 5.98. The summed E-state index contributed by atoms with van der Waals surface area (Å²) in [6, 6.07) is 7.94. The van der Waals surface area contributed by atoms with E-state index in [1.54, 1.807) is 0 Å². The monoisotopic (exact) mass is 358 g/mol. The zero-order valence-corrected chi connectivity index (χ0v) is 14.2. The van der Waals surface area contributed by atoms with Crippen LogP contribution in [0.1, 0.15) is 42.1 Å². The van der Waals surface area contributed by atoms with Gasteiger partial charge in [0.1, 0.15) is 11.9 Å². The van der Waals surface area contributed by atoms with E-state index in [9.17, 15) is 19.1 Å². The Balaban J connectivity index is 1.80. The van der Waals surface area contributed by atoms with E-state index in [-0.39, 0.29) is 17.2 Å². The van der Waals surface area contributed by atoms with E-state index in [2.05, 4.69) is 10.3 Å². The van der Waals surface area contributed by atoms with Gasteiger partial charge in [-0.2, -0.15) is 0 Å². The lowest BCUT2D eigenvalue weighted by Crippen LogP contribution is -2.49. The van der Waals surface area contributed by atoms with Crippen molar-refractivity contribution >= 4 is 11.9 Å².